The lowest BCUT2D eigenvalue weighted by Crippen LogP contribution is -1.94. The normalized spacial score (nSPS) is 9.76. The number of pyridine rings is 1. The average molecular weight is 230 g/mol. The molecule has 0 unspecified atom stereocenters. The molecule has 0 amide bonds. The largest absolute Gasteiger partial charge is 0.493 e. The lowest BCUT2D eigenvalue weighted by Gasteiger charge is -2.12. The molecule has 0 aliphatic heterocycles. The SMILES string of the molecule is COc1cccc(Oc2cc[c]cn2)c1OC. The zero-order valence-electron chi connectivity index (χ0n) is 9.64. The molecule has 0 N–H and O–H groups in total. The molecule has 1 aromatic heterocycles. The van der Waals surface area contributed by atoms with Crippen molar-refractivity contribution in [3.8, 4) is 23.1 Å². The Balaban J connectivity index is 2.33. The third-order valence-electron chi connectivity index (χ3n) is 2.17. The molecule has 1 heterocycles. The first-order valence-electron chi connectivity index (χ1n) is 5.06. The standard InChI is InChI=1S/C13H12NO3/c1-15-10-6-5-7-11(13(10)16-2)17-12-8-3-4-9-14-12/h3,5-9H,1-2H3. The summed E-state index contributed by atoms with van der Waals surface area (Å²) in [5.74, 6) is 2.21. The second-order valence-electron chi connectivity index (χ2n) is 3.19. The number of nitrogens with zero attached hydrogens (tertiary/aromatic N) is 1. The van der Waals surface area contributed by atoms with Crippen LogP contribution >= 0.6 is 0 Å². The van der Waals surface area contributed by atoms with Crippen LogP contribution in [0.25, 0.3) is 0 Å². The van der Waals surface area contributed by atoms with Crippen molar-refractivity contribution < 1.29 is 14.2 Å². The van der Waals surface area contributed by atoms with Crippen molar-refractivity contribution in [3.63, 3.8) is 0 Å². The van der Waals surface area contributed by atoms with E-state index < -0.39 is 0 Å². The van der Waals surface area contributed by atoms with Gasteiger partial charge in [-0.1, -0.05) is 6.07 Å². The van der Waals surface area contributed by atoms with Crippen LogP contribution in [0.4, 0.5) is 0 Å². The van der Waals surface area contributed by atoms with E-state index in [9.17, 15) is 0 Å². The maximum absolute atomic E-state index is 5.61. The van der Waals surface area contributed by atoms with E-state index in [2.05, 4.69) is 11.1 Å². The van der Waals surface area contributed by atoms with Gasteiger partial charge in [0.25, 0.3) is 0 Å². The number of methoxy groups -OCH3 is 2. The summed E-state index contributed by atoms with van der Waals surface area (Å²) >= 11 is 0. The molecule has 1 aromatic carbocycles. The van der Waals surface area contributed by atoms with Gasteiger partial charge in [-0.15, -0.1) is 0 Å². The zero-order valence-corrected chi connectivity index (χ0v) is 9.64. The molecule has 2 aromatic rings. The summed E-state index contributed by atoms with van der Waals surface area (Å²) in [5.41, 5.74) is 0. The van der Waals surface area contributed by atoms with E-state index in [1.54, 1.807) is 44.7 Å². The molecule has 0 fully saturated rings. The highest BCUT2D eigenvalue weighted by Crippen LogP contribution is 2.38. The highest BCUT2D eigenvalue weighted by atomic mass is 16.5. The predicted octanol–water partition coefficient (Wildman–Crippen LogP) is 2.69. The van der Waals surface area contributed by atoms with Crippen LogP contribution in [-0.2, 0) is 0 Å². The molecule has 0 saturated heterocycles. The van der Waals surface area contributed by atoms with E-state index in [0.29, 0.717) is 23.1 Å². The van der Waals surface area contributed by atoms with Crippen molar-refractivity contribution in [1.82, 2.24) is 4.98 Å². The molecule has 4 nitrogen and oxygen atoms in total. The van der Waals surface area contributed by atoms with Gasteiger partial charge in [-0.3, -0.25) is 0 Å². The quantitative estimate of drug-likeness (QED) is 0.809. The van der Waals surface area contributed by atoms with Crippen molar-refractivity contribution in [2.75, 3.05) is 14.2 Å². The number of hydrogen-bond acceptors (Lipinski definition) is 4. The monoisotopic (exact) mass is 230 g/mol. The van der Waals surface area contributed by atoms with Crippen LogP contribution in [-0.4, -0.2) is 19.2 Å². The van der Waals surface area contributed by atoms with Crippen LogP contribution in [0.1, 0.15) is 0 Å². The molecule has 0 aliphatic carbocycles. The predicted molar refractivity (Wildman–Crippen MR) is 62.7 cm³/mol. The number of hydrogen-bond donors (Lipinski definition) is 0. The third kappa shape index (κ3) is 2.47. The number of rotatable bonds is 4. The van der Waals surface area contributed by atoms with Gasteiger partial charge in [0.05, 0.1) is 14.2 Å². The van der Waals surface area contributed by atoms with Gasteiger partial charge in [0, 0.05) is 18.3 Å². The molecule has 0 bridgehead atoms. The van der Waals surface area contributed by atoms with Crippen LogP contribution in [0.2, 0.25) is 0 Å². The minimum atomic E-state index is 0.482. The van der Waals surface area contributed by atoms with Gasteiger partial charge in [-0.05, 0) is 18.2 Å². The van der Waals surface area contributed by atoms with E-state index in [4.69, 9.17) is 14.2 Å². The first-order chi connectivity index (χ1) is 8.35. The lowest BCUT2D eigenvalue weighted by molar-refractivity contribution is 0.334. The van der Waals surface area contributed by atoms with Crippen LogP contribution in [0.5, 0.6) is 23.1 Å². The molecule has 87 valence electrons. The van der Waals surface area contributed by atoms with Crippen LogP contribution in [0.3, 0.4) is 0 Å². The smallest absolute Gasteiger partial charge is 0.219 e. The Morgan fingerprint density at radius 3 is 2.53 bits per heavy atom. The summed E-state index contributed by atoms with van der Waals surface area (Å²) in [4.78, 5) is 4.03. The van der Waals surface area contributed by atoms with Gasteiger partial charge < -0.3 is 14.2 Å². The van der Waals surface area contributed by atoms with Gasteiger partial charge in [-0.2, -0.15) is 0 Å². The van der Waals surface area contributed by atoms with Crippen molar-refractivity contribution >= 4 is 0 Å². The number of benzene rings is 1. The van der Waals surface area contributed by atoms with Crippen LogP contribution < -0.4 is 14.2 Å². The Morgan fingerprint density at radius 2 is 1.88 bits per heavy atom. The molecule has 0 atom stereocenters. The maximum Gasteiger partial charge on any atom is 0.219 e. The van der Waals surface area contributed by atoms with Crippen molar-refractivity contribution in [3.05, 3.63) is 42.6 Å². The summed E-state index contributed by atoms with van der Waals surface area (Å²) < 4.78 is 16.0. The van der Waals surface area contributed by atoms with E-state index in [-0.39, 0.29) is 0 Å². The highest BCUT2D eigenvalue weighted by Gasteiger charge is 2.11. The molecule has 17 heavy (non-hydrogen) atoms. The van der Waals surface area contributed by atoms with Crippen molar-refractivity contribution in [2.24, 2.45) is 0 Å². The summed E-state index contributed by atoms with van der Waals surface area (Å²) in [7, 11) is 3.15. The Bertz CT molecular complexity index is 485. The minimum absolute atomic E-state index is 0.482. The first-order valence-corrected chi connectivity index (χ1v) is 5.06. The molecule has 4 heteroatoms. The van der Waals surface area contributed by atoms with Gasteiger partial charge >= 0.3 is 0 Å². The number of para-hydroxylation sites is 1. The van der Waals surface area contributed by atoms with Crippen LogP contribution in [0.15, 0.2) is 36.5 Å². The van der Waals surface area contributed by atoms with Gasteiger partial charge in [0.2, 0.25) is 11.6 Å². The zero-order chi connectivity index (χ0) is 12.1. The average Bonchev–Trinajstić information content (AvgIpc) is 2.39. The fraction of sp³-hybridized carbons (Fsp3) is 0.154. The van der Waals surface area contributed by atoms with E-state index in [1.165, 1.54) is 0 Å². The van der Waals surface area contributed by atoms with Gasteiger partial charge in [0.15, 0.2) is 11.5 Å². The van der Waals surface area contributed by atoms with Gasteiger partial charge in [-0.25, -0.2) is 4.98 Å². The van der Waals surface area contributed by atoms with Crippen LogP contribution in [0, 0.1) is 6.07 Å². The molecule has 0 aliphatic rings. The Hall–Kier alpha value is -2.23. The summed E-state index contributed by atoms with van der Waals surface area (Å²) in [6.45, 7) is 0. The molecule has 0 saturated carbocycles. The third-order valence-corrected chi connectivity index (χ3v) is 2.17. The fourth-order valence-electron chi connectivity index (χ4n) is 1.42. The van der Waals surface area contributed by atoms with E-state index >= 15 is 0 Å². The second kappa shape index (κ2) is 5.21. The minimum Gasteiger partial charge on any atom is -0.493 e. The first kappa shape index (κ1) is 11.3. The fourth-order valence-corrected chi connectivity index (χ4v) is 1.42. The maximum atomic E-state index is 5.61. The second-order valence-corrected chi connectivity index (χ2v) is 3.19. The lowest BCUT2D eigenvalue weighted by atomic mass is 10.3. The Kier molecular flexibility index (Phi) is 3.45. The summed E-state index contributed by atoms with van der Waals surface area (Å²) in [5, 5.41) is 0. The molecule has 1 radical (unpaired) electrons. The van der Waals surface area contributed by atoms with E-state index in [1.807, 2.05) is 6.07 Å². The summed E-state index contributed by atoms with van der Waals surface area (Å²) in [6.07, 6.45) is 1.54. The number of aromatic nitrogens is 1. The Morgan fingerprint density at radius 1 is 1.06 bits per heavy atom. The van der Waals surface area contributed by atoms with Gasteiger partial charge in [0.1, 0.15) is 0 Å². The highest BCUT2D eigenvalue weighted by molar-refractivity contribution is 5.52. The molecule has 2 rings (SSSR count). The van der Waals surface area contributed by atoms with Crippen molar-refractivity contribution in [1.29, 1.82) is 0 Å². The molecular formula is C13H12NO3. The number of ether oxygens (including phenoxy) is 3. The molecular weight excluding hydrogens is 218 g/mol. The van der Waals surface area contributed by atoms with Crippen molar-refractivity contribution in [2.45, 2.75) is 0 Å². The Labute approximate surface area is 99.8 Å². The topological polar surface area (TPSA) is 40.6 Å². The molecule has 0 spiro atoms. The van der Waals surface area contributed by atoms with E-state index in [0.717, 1.165) is 0 Å². The summed E-state index contributed by atoms with van der Waals surface area (Å²) in [6, 6.07) is 11.7.